The van der Waals surface area contributed by atoms with Crippen LogP contribution in [-0.4, -0.2) is 30.2 Å². The fourth-order valence-corrected chi connectivity index (χ4v) is 2.29. The van der Waals surface area contributed by atoms with E-state index in [2.05, 4.69) is 5.32 Å². The SMILES string of the molecule is CC(C)(C)[C@H](N)C(=O)NCC1(CO)CCCC1. The molecule has 1 aliphatic carbocycles. The lowest BCUT2D eigenvalue weighted by Crippen LogP contribution is -2.51. The first kappa shape index (κ1) is 14.5. The van der Waals surface area contributed by atoms with E-state index in [1.54, 1.807) is 0 Å². The molecule has 17 heavy (non-hydrogen) atoms. The van der Waals surface area contributed by atoms with Crippen molar-refractivity contribution in [3.63, 3.8) is 0 Å². The van der Waals surface area contributed by atoms with Crippen molar-refractivity contribution in [1.82, 2.24) is 5.32 Å². The Kier molecular flexibility index (Phi) is 4.55. The Morgan fingerprint density at radius 1 is 1.41 bits per heavy atom. The van der Waals surface area contributed by atoms with Crippen LogP contribution < -0.4 is 11.1 Å². The number of aliphatic hydroxyl groups excluding tert-OH is 1. The summed E-state index contributed by atoms with van der Waals surface area (Å²) >= 11 is 0. The first-order valence-corrected chi connectivity index (χ1v) is 6.45. The van der Waals surface area contributed by atoms with Crippen molar-refractivity contribution >= 4 is 5.91 Å². The number of hydrogen-bond acceptors (Lipinski definition) is 3. The van der Waals surface area contributed by atoms with Crippen molar-refractivity contribution in [3.05, 3.63) is 0 Å². The third-order valence-corrected chi connectivity index (χ3v) is 3.85. The van der Waals surface area contributed by atoms with Gasteiger partial charge in [0, 0.05) is 12.0 Å². The molecule has 1 rings (SSSR count). The number of carbonyl (C=O) groups excluding carboxylic acids is 1. The highest BCUT2D eigenvalue weighted by atomic mass is 16.3. The molecule has 0 aromatic heterocycles. The summed E-state index contributed by atoms with van der Waals surface area (Å²) in [4.78, 5) is 11.9. The minimum Gasteiger partial charge on any atom is -0.396 e. The van der Waals surface area contributed by atoms with Gasteiger partial charge in [-0.2, -0.15) is 0 Å². The van der Waals surface area contributed by atoms with Gasteiger partial charge in [0.05, 0.1) is 12.6 Å². The van der Waals surface area contributed by atoms with Crippen molar-refractivity contribution in [2.75, 3.05) is 13.2 Å². The van der Waals surface area contributed by atoms with Crippen LogP contribution in [-0.2, 0) is 4.79 Å². The molecule has 0 radical (unpaired) electrons. The van der Waals surface area contributed by atoms with E-state index in [0.29, 0.717) is 6.54 Å². The summed E-state index contributed by atoms with van der Waals surface area (Å²) in [7, 11) is 0. The molecule has 4 nitrogen and oxygen atoms in total. The van der Waals surface area contributed by atoms with Crippen LogP contribution in [0.15, 0.2) is 0 Å². The molecule has 0 aromatic carbocycles. The summed E-state index contributed by atoms with van der Waals surface area (Å²) in [6, 6.07) is -0.500. The first-order chi connectivity index (χ1) is 7.81. The Balaban J connectivity index is 2.47. The average molecular weight is 242 g/mol. The van der Waals surface area contributed by atoms with E-state index in [9.17, 15) is 9.90 Å². The van der Waals surface area contributed by atoms with Crippen molar-refractivity contribution in [2.45, 2.75) is 52.5 Å². The number of hydrogen-bond donors (Lipinski definition) is 3. The molecule has 100 valence electrons. The number of carbonyl (C=O) groups is 1. The predicted octanol–water partition coefficient (Wildman–Crippen LogP) is 1.03. The maximum absolute atomic E-state index is 11.9. The van der Waals surface area contributed by atoms with Gasteiger partial charge in [-0.3, -0.25) is 4.79 Å². The normalized spacial score (nSPS) is 21.2. The standard InChI is InChI=1S/C13H26N2O2/c1-12(2,3)10(14)11(17)15-8-13(9-16)6-4-5-7-13/h10,16H,4-9,14H2,1-3H3,(H,15,17)/t10-/m1/s1. The molecule has 0 aromatic rings. The minimum absolute atomic E-state index is 0.104. The van der Waals surface area contributed by atoms with Gasteiger partial charge in [0.15, 0.2) is 0 Å². The van der Waals surface area contributed by atoms with Gasteiger partial charge >= 0.3 is 0 Å². The van der Waals surface area contributed by atoms with Crippen LogP contribution in [0.2, 0.25) is 0 Å². The molecule has 0 unspecified atom stereocenters. The summed E-state index contributed by atoms with van der Waals surface area (Å²) in [5, 5.41) is 12.3. The molecule has 0 aliphatic heterocycles. The number of nitrogens with one attached hydrogen (secondary N) is 1. The maximum atomic E-state index is 11.9. The number of aliphatic hydroxyl groups is 1. The van der Waals surface area contributed by atoms with Gasteiger partial charge in [-0.1, -0.05) is 33.6 Å². The van der Waals surface area contributed by atoms with Gasteiger partial charge in [-0.25, -0.2) is 0 Å². The van der Waals surface area contributed by atoms with Crippen LogP contribution in [0.5, 0.6) is 0 Å². The summed E-state index contributed by atoms with van der Waals surface area (Å²) in [6.07, 6.45) is 4.27. The highest BCUT2D eigenvalue weighted by Gasteiger charge is 2.35. The van der Waals surface area contributed by atoms with E-state index in [4.69, 9.17) is 5.73 Å². The van der Waals surface area contributed by atoms with Gasteiger partial charge < -0.3 is 16.2 Å². The summed E-state index contributed by atoms with van der Waals surface area (Å²) in [5.41, 5.74) is 5.56. The smallest absolute Gasteiger partial charge is 0.237 e. The fraction of sp³-hybridized carbons (Fsp3) is 0.923. The molecule has 4 heteroatoms. The summed E-state index contributed by atoms with van der Waals surface area (Å²) < 4.78 is 0. The lowest BCUT2D eigenvalue weighted by atomic mass is 9.85. The summed E-state index contributed by atoms with van der Waals surface area (Å²) in [6.45, 7) is 6.56. The Hall–Kier alpha value is -0.610. The Morgan fingerprint density at radius 3 is 2.35 bits per heavy atom. The number of rotatable bonds is 4. The fourth-order valence-electron chi connectivity index (χ4n) is 2.29. The van der Waals surface area contributed by atoms with E-state index >= 15 is 0 Å². The molecule has 1 fully saturated rings. The second-order valence-electron chi connectivity index (χ2n) is 6.43. The Morgan fingerprint density at radius 2 is 1.94 bits per heavy atom. The zero-order valence-corrected chi connectivity index (χ0v) is 11.3. The third-order valence-electron chi connectivity index (χ3n) is 3.85. The molecule has 1 amide bonds. The van der Waals surface area contributed by atoms with Gasteiger partial charge in [0.25, 0.3) is 0 Å². The Labute approximate surface area is 104 Å². The second-order valence-corrected chi connectivity index (χ2v) is 6.43. The first-order valence-electron chi connectivity index (χ1n) is 6.45. The molecular weight excluding hydrogens is 216 g/mol. The minimum atomic E-state index is -0.500. The van der Waals surface area contributed by atoms with E-state index in [1.165, 1.54) is 0 Å². The van der Waals surface area contributed by atoms with Crippen molar-refractivity contribution < 1.29 is 9.90 Å². The molecule has 0 heterocycles. The topological polar surface area (TPSA) is 75.4 Å². The lowest BCUT2D eigenvalue weighted by Gasteiger charge is -2.30. The monoisotopic (exact) mass is 242 g/mol. The van der Waals surface area contributed by atoms with Crippen LogP contribution in [0.25, 0.3) is 0 Å². The molecule has 0 saturated heterocycles. The largest absolute Gasteiger partial charge is 0.396 e. The van der Waals surface area contributed by atoms with Crippen molar-refractivity contribution in [3.8, 4) is 0 Å². The zero-order valence-electron chi connectivity index (χ0n) is 11.3. The average Bonchev–Trinajstić information content (AvgIpc) is 2.73. The zero-order chi connectivity index (χ0) is 13.1. The van der Waals surface area contributed by atoms with E-state index in [-0.39, 0.29) is 23.3 Å². The third kappa shape index (κ3) is 3.68. The van der Waals surface area contributed by atoms with Crippen LogP contribution in [0.3, 0.4) is 0 Å². The predicted molar refractivity (Wildman–Crippen MR) is 68.4 cm³/mol. The summed E-state index contributed by atoms with van der Waals surface area (Å²) in [5.74, 6) is -0.114. The van der Waals surface area contributed by atoms with E-state index in [1.807, 2.05) is 20.8 Å². The van der Waals surface area contributed by atoms with Gasteiger partial charge in [-0.15, -0.1) is 0 Å². The highest BCUT2D eigenvalue weighted by Crippen LogP contribution is 2.36. The molecule has 0 spiro atoms. The van der Waals surface area contributed by atoms with Crippen LogP contribution in [0.1, 0.15) is 46.5 Å². The van der Waals surface area contributed by atoms with Crippen LogP contribution in [0.4, 0.5) is 0 Å². The quantitative estimate of drug-likeness (QED) is 0.689. The molecule has 1 aliphatic rings. The molecular formula is C13H26N2O2. The van der Waals surface area contributed by atoms with Crippen molar-refractivity contribution in [1.29, 1.82) is 0 Å². The van der Waals surface area contributed by atoms with E-state index < -0.39 is 6.04 Å². The van der Waals surface area contributed by atoms with Gasteiger partial charge in [0.1, 0.15) is 0 Å². The van der Waals surface area contributed by atoms with Gasteiger partial charge in [0.2, 0.25) is 5.91 Å². The molecule has 0 bridgehead atoms. The maximum Gasteiger partial charge on any atom is 0.237 e. The molecule has 1 saturated carbocycles. The van der Waals surface area contributed by atoms with Crippen LogP contribution in [0, 0.1) is 10.8 Å². The Bertz CT molecular complexity index is 265. The van der Waals surface area contributed by atoms with Crippen LogP contribution >= 0.6 is 0 Å². The molecule has 4 N–H and O–H groups in total. The van der Waals surface area contributed by atoms with E-state index in [0.717, 1.165) is 25.7 Å². The second kappa shape index (κ2) is 5.36. The lowest BCUT2D eigenvalue weighted by molar-refractivity contribution is -0.125. The number of amides is 1. The number of nitrogens with two attached hydrogens (primary N) is 1. The van der Waals surface area contributed by atoms with Crippen molar-refractivity contribution in [2.24, 2.45) is 16.6 Å². The highest BCUT2D eigenvalue weighted by molar-refractivity contribution is 5.82. The van der Waals surface area contributed by atoms with Gasteiger partial charge in [-0.05, 0) is 18.3 Å². The molecule has 1 atom stereocenters.